The fraction of sp³-hybridized carbons (Fsp3) is 0.667. The molecule has 0 saturated heterocycles. The third-order valence-corrected chi connectivity index (χ3v) is 2.24. The lowest BCUT2D eigenvalue weighted by Gasteiger charge is -2.24. The maximum absolute atomic E-state index is 8.76. The molecule has 10 heavy (non-hydrogen) atoms. The summed E-state index contributed by atoms with van der Waals surface area (Å²) in [6.45, 7) is 4.17. The number of rotatable bonds is 0. The maximum atomic E-state index is 8.76. The molecule has 0 saturated carbocycles. The molecule has 0 radical (unpaired) electrons. The van der Waals surface area contributed by atoms with Gasteiger partial charge in [-0.25, -0.2) is 0 Å². The van der Waals surface area contributed by atoms with Gasteiger partial charge < -0.3 is 0 Å². The lowest BCUT2D eigenvalue weighted by atomic mass is 9.78. The van der Waals surface area contributed by atoms with Crippen LogP contribution in [-0.2, 0) is 0 Å². The summed E-state index contributed by atoms with van der Waals surface area (Å²) < 4.78 is 0. The van der Waals surface area contributed by atoms with Gasteiger partial charge in [0.15, 0.2) is 0 Å². The molecule has 0 aromatic heterocycles. The molecule has 0 heterocycles. The zero-order valence-corrected chi connectivity index (χ0v) is 6.65. The minimum Gasteiger partial charge on any atom is -0.198 e. The standard InChI is InChI=1S/C9H13N/c1-8-3-5-9(2,7-10)6-4-8/h3H,4-6H2,1-2H3. The van der Waals surface area contributed by atoms with Crippen LogP contribution >= 0.6 is 0 Å². The van der Waals surface area contributed by atoms with Crippen molar-refractivity contribution >= 4 is 0 Å². The fourth-order valence-electron chi connectivity index (χ4n) is 1.18. The Morgan fingerprint density at radius 3 is 2.80 bits per heavy atom. The second-order valence-corrected chi connectivity index (χ2v) is 3.43. The molecule has 0 bridgehead atoms. The monoisotopic (exact) mass is 135 g/mol. The van der Waals surface area contributed by atoms with Gasteiger partial charge in [-0.1, -0.05) is 11.6 Å². The molecular weight excluding hydrogens is 122 g/mol. The summed E-state index contributed by atoms with van der Waals surface area (Å²) in [7, 11) is 0. The first-order valence-corrected chi connectivity index (χ1v) is 3.73. The average molecular weight is 135 g/mol. The van der Waals surface area contributed by atoms with E-state index in [4.69, 9.17) is 5.26 Å². The van der Waals surface area contributed by atoms with Gasteiger partial charge in [-0.2, -0.15) is 5.26 Å². The number of nitrogens with zero attached hydrogens (tertiary/aromatic N) is 1. The Kier molecular flexibility index (Phi) is 1.80. The van der Waals surface area contributed by atoms with Crippen LogP contribution in [0.1, 0.15) is 33.1 Å². The summed E-state index contributed by atoms with van der Waals surface area (Å²) in [6.07, 6.45) is 5.26. The first-order chi connectivity index (χ1) is 4.66. The van der Waals surface area contributed by atoms with Gasteiger partial charge in [-0.05, 0) is 33.1 Å². The van der Waals surface area contributed by atoms with E-state index in [1.54, 1.807) is 0 Å². The van der Waals surface area contributed by atoms with Crippen molar-refractivity contribution in [2.75, 3.05) is 0 Å². The predicted octanol–water partition coefficient (Wildman–Crippen LogP) is 2.65. The van der Waals surface area contributed by atoms with Crippen LogP contribution in [0.4, 0.5) is 0 Å². The third-order valence-electron chi connectivity index (χ3n) is 2.24. The van der Waals surface area contributed by atoms with E-state index in [9.17, 15) is 0 Å². The van der Waals surface area contributed by atoms with Crippen LogP contribution in [0, 0.1) is 16.7 Å². The van der Waals surface area contributed by atoms with E-state index in [-0.39, 0.29) is 5.41 Å². The zero-order chi connectivity index (χ0) is 7.61. The first-order valence-electron chi connectivity index (χ1n) is 3.73. The van der Waals surface area contributed by atoms with Crippen molar-refractivity contribution < 1.29 is 0 Å². The van der Waals surface area contributed by atoms with Crippen molar-refractivity contribution in [2.45, 2.75) is 33.1 Å². The highest BCUT2D eigenvalue weighted by molar-refractivity contribution is 5.11. The average Bonchev–Trinajstić information content (AvgIpc) is 1.96. The summed E-state index contributed by atoms with van der Waals surface area (Å²) in [6, 6.07) is 2.36. The molecule has 1 rings (SSSR count). The number of allylic oxidation sites excluding steroid dienone is 2. The summed E-state index contributed by atoms with van der Waals surface area (Å²) in [5.74, 6) is 0. The Morgan fingerprint density at radius 1 is 1.70 bits per heavy atom. The summed E-state index contributed by atoms with van der Waals surface area (Å²) in [4.78, 5) is 0. The van der Waals surface area contributed by atoms with E-state index < -0.39 is 0 Å². The molecule has 1 aliphatic rings. The highest BCUT2D eigenvalue weighted by atomic mass is 14.4. The Labute approximate surface area is 62.4 Å². The highest BCUT2D eigenvalue weighted by Gasteiger charge is 2.24. The molecule has 1 nitrogen and oxygen atoms in total. The maximum Gasteiger partial charge on any atom is 0.0690 e. The molecule has 0 amide bonds. The Hall–Kier alpha value is -0.770. The van der Waals surface area contributed by atoms with Gasteiger partial charge in [0, 0.05) is 0 Å². The summed E-state index contributed by atoms with van der Waals surface area (Å²) in [5, 5.41) is 8.76. The van der Waals surface area contributed by atoms with E-state index in [0.29, 0.717) is 0 Å². The molecule has 0 spiro atoms. The molecule has 0 aromatic rings. The Bertz CT molecular complexity index is 197. The molecule has 0 aliphatic heterocycles. The van der Waals surface area contributed by atoms with Gasteiger partial charge in [0.2, 0.25) is 0 Å². The van der Waals surface area contributed by atoms with Gasteiger partial charge in [0.1, 0.15) is 0 Å². The second-order valence-electron chi connectivity index (χ2n) is 3.43. The molecule has 0 fully saturated rings. The molecule has 1 heteroatoms. The smallest absolute Gasteiger partial charge is 0.0690 e. The lowest BCUT2D eigenvalue weighted by Crippen LogP contribution is -2.15. The Morgan fingerprint density at radius 2 is 2.40 bits per heavy atom. The second kappa shape index (κ2) is 2.46. The van der Waals surface area contributed by atoms with E-state index in [1.807, 2.05) is 6.92 Å². The molecule has 1 unspecified atom stereocenters. The summed E-state index contributed by atoms with van der Waals surface area (Å²) >= 11 is 0. The molecular formula is C9H13N. The van der Waals surface area contributed by atoms with Gasteiger partial charge in [-0.3, -0.25) is 0 Å². The van der Waals surface area contributed by atoms with Crippen LogP contribution in [0.2, 0.25) is 0 Å². The zero-order valence-electron chi connectivity index (χ0n) is 6.65. The van der Waals surface area contributed by atoms with Crippen molar-refractivity contribution in [1.29, 1.82) is 5.26 Å². The van der Waals surface area contributed by atoms with Crippen molar-refractivity contribution in [3.63, 3.8) is 0 Å². The van der Waals surface area contributed by atoms with Crippen molar-refractivity contribution in [1.82, 2.24) is 0 Å². The van der Waals surface area contributed by atoms with E-state index in [2.05, 4.69) is 19.1 Å². The van der Waals surface area contributed by atoms with Crippen molar-refractivity contribution in [3.8, 4) is 6.07 Å². The topological polar surface area (TPSA) is 23.8 Å². The van der Waals surface area contributed by atoms with Crippen LogP contribution in [0.5, 0.6) is 0 Å². The van der Waals surface area contributed by atoms with Gasteiger partial charge in [0.05, 0.1) is 11.5 Å². The highest BCUT2D eigenvalue weighted by Crippen LogP contribution is 2.33. The lowest BCUT2D eigenvalue weighted by molar-refractivity contribution is 0.392. The number of nitriles is 1. The van der Waals surface area contributed by atoms with Gasteiger partial charge >= 0.3 is 0 Å². The van der Waals surface area contributed by atoms with Crippen molar-refractivity contribution in [3.05, 3.63) is 11.6 Å². The van der Waals surface area contributed by atoms with Crippen LogP contribution < -0.4 is 0 Å². The minimum absolute atomic E-state index is 0.0699. The SMILES string of the molecule is CC1=CCC(C)(C#N)CC1. The van der Waals surface area contributed by atoms with E-state index >= 15 is 0 Å². The third kappa shape index (κ3) is 1.39. The van der Waals surface area contributed by atoms with Gasteiger partial charge in [0.25, 0.3) is 0 Å². The number of hydrogen-bond acceptors (Lipinski definition) is 1. The molecule has 0 N–H and O–H groups in total. The van der Waals surface area contributed by atoms with Crippen LogP contribution in [0.15, 0.2) is 11.6 Å². The predicted molar refractivity (Wildman–Crippen MR) is 41.3 cm³/mol. The van der Waals surface area contributed by atoms with Crippen LogP contribution in [-0.4, -0.2) is 0 Å². The minimum atomic E-state index is -0.0699. The van der Waals surface area contributed by atoms with Crippen LogP contribution in [0.3, 0.4) is 0 Å². The largest absolute Gasteiger partial charge is 0.198 e. The molecule has 1 aliphatic carbocycles. The van der Waals surface area contributed by atoms with Crippen LogP contribution in [0.25, 0.3) is 0 Å². The molecule has 54 valence electrons. The molecule has 0 aromatic carbocycles. The number of hydrogen-bond donors (Lipinski definition) is 0. The van der Waals surface area contributed by atoms with Crippen molar-refractivity contribution in [2.24, 2.45) is 5.41 Å². The fourth-order valence-corrected chi connectivity index (χ4v) is 1.18. The quantitative estimate of drug-likeness (QED) is 0.468. The summed E-state index contributed by atoms with van der Waals surface area (Å²) in [5.41, 5.74) is 1.37. The first kappa shape index (κ1) is 7.34. The van der Waals surface area contributed by atoms with E-state index in [0.717, 1.165) is 19.3 Å². The van der Waals surface area contributed by atoms with Gasteiger partial charge in [-0.15, -0.1) is 0 Å². The molecule has 1 atom stereocenters. The normalized spacial score (nSPS) is 32.7. The van der Waals surface area contributed by atoms with E-state index in [1.165, 1.54) is 5.57 Å². The Balaban J connectivity index is 2.67.